The zero-order chi connectivity index (χ0) is 22.5. The number of ether oxygens (including phenoxy) is 3. The average Bonchev–Trinajstić information content (AvgIpc) is 2.76. The van der Waals surface area contributed by atoms with Gasteiger partial charge < -0.3 is 29.8 Å². The molecule has 0 aliphatic heterocycles. The summed E-state index contributed by atoms with van der Waals surface area (Å²) in [4.78, 5) is 31.7. The van der Waals surface area contributed by atoms with Crippen molar-refractivity contribution < 1.29 is 19.0 Å². The lowest BCUT2D eigenvalue weighted by molar-refractivity contribution is 0.238. The number of urea groups is 1. The summed E-state index contributed by atoms with van der Waals surface area (Å²) < 4.78 is 16.5. The first-order valence-electron chi connectivity index (χ1n) is 9.74. The first-order valence-corrected chi connectivity index (χ1v) is 9.74. The molecule has 2 aromatic carbocycles. The predicted octanol–water partition coefficient (Wildman–Crippen LogP) is 2.53. The van der Waals surface area contributed by atoms with Gasteiger partial charge in [-0.15, -0.1) is 0 Å². The lowest BCUT2D eigenvalue weighted by Gasteiger charge is -2.16. The molecule has 164 valence electrons. The minimum atomic E-state index is -0.306. The summed E-state index contributed by atoms with van der Waals surface area (Å²) in [5.41, 5.74) is 2.70. The minimum absolute atomic E-state index is 0.270. The van der Waals surface area contributed by atoms with Gasteiger partial charge in [-0.2, -0.15) is 0 Å². The van der Waals surface area contributed by atoms with Crippen LogP contribution in [0.4, 0.5) is 4.79 Å². The van der Waals surface area contributed by atoms with Gasteiger partial charge in [-0.1, -0.05) is 6.07 Å². The number of nitrogens with zero attached hydrogens (tertiary/aromatic N) is 1. The molecule has 0 aliphatic carbocycles. The van der Waals surface area contributed by atoms with Gasteiger partial charge in [-0.3, -0.25) is 4.79 Å². The van der Waals surface area contributed by atoms with E-state index < -0.39 is 0 Å². The van der Waals surface area contributed by atoms with Crippen LogP contribution in [0.2, 0.25) is 0 Å². The molecule has 1 heterocycles. The summed E-state index contributed by atoms with van der Waals surface area (Å²) in [7, 11) is 4.59. The van der Waals surface area contributed by atoms with Crippen LogP contribution in [0.5, 0.6) is 17.2 Å². The number of carbonyl (C=O) groups is 1. The number of fused-ring (bicyclic) bond motifs is 1. The zero-order valence-electron chi connectivity index (χ0n) is 18.2. The smallest absolute Gasteiger partial charge is 0.314 e. The SMILES string of the molecule is CNC(=O)NCCOc1ccc(C)c(-c2nc3cc(OC)cc(OC)c3c(=O)[nH]2)c1C. The van der Waals surface area contributed by atoms with Crippen LogP contribution >= 0.6 is 0 Å². The lowest BCUT2D eigenvalue weighted by atomic mass is 10.0. The number of aromatic amines is 1. The molecule has 1 aromatic heterocycles. The van der Waals surface area contributed by atoms with Crippen molar-refractivity contribution in [2.75, 3.05) is 34.4 Å². The second-order valence-electron chi connectivity index (χ2n) is 6.87. The van der Waals surface area contributed by atoms with Crippen molar-refractivity contribution in [1.82, 2.24) is 20.6 Å². The van der Waals surface area contributed by atoms with E-state index >= 15 is 0 Å². The first-order chi connectivity index (χ1) is 14.9. The Morgan fingerprint density at radius 2 is 1.90 bits per heavy atom. The summed E-state index contributed by atoms with van der Waals surface area (Å²) >= 11 is 0. The molecule has 0 fully saturated rings. The quantitative estimate of drug-likeness (QED) is 0.500. The second-order valence-corrected chi connectivity index (χ2v) is 6.87. The Hall–Kier alpha value is -3.75. The Kier molecular flexibility index (Phi) is 6.64. The number of aromatic nitrogens is 2. The van der Waals surface area contributed by atoms with Crippen LogP contribution in [-0.4, -0.2) is 50.4 Å². The maximum Gasteiger partial charge on any atom is 0.314 e. The average molecular weight is 426 g/mol. The number of aryl methyl sites for hydroxylation is 1. The van der Waals surface area contributed by atoms with Crippen LogP contribution in [0.25, 0.3) is 22.3 Å². The Labute approximate surface area is 179 Å². The molecule has 9 nitrogen and oxygen atoms in total. The van der Waals surface area contributed by atoms with E-state index in [0.717, 1.165) is 16.7 Å². The molecule has 0 atom stereocenters. The van der Waals surface area contributed by atoms with Gasteiger partial charge in [0.25, 0.3) is 5.56 Å². The molecule has 0 radical (unpaired) electrons. The van der Waals surface area contributed by atoms with E-state index in [1.807, 2.05) is 26.0 Å². The van der Waals surface area contributed by atoms with E-state index in [1.54, 1.807) is 26.3 Å². The Balaban J connectivity index is 2.02. The largest absolute Gasteiger partial charge is 0.497 e. The number of nitrogens with one attached hydrogen (secondary N) is 3. The topological polar surface area (TPSA) is 115 Å². The van der Waals surface area contributed by atoms with Gasteiger partial charge in [0.05, 0.1) is 26.3 Å². The summed E-state index contributed by atoms with van der Waals surface area (Å²) in [6.07, 6.45) is 0. The van der Waals surface area contributed by atoms with Gasteiger partial charge in [0.2, 0.25) is 0 Å². The highest BCUT2D eigenvalue weighted by Crippen LogP contribution is 2.33. The zero-order valence-corrected chi connectivity index (χ0v) is 18.2. The predicted molar refractivity (Wildman–Crippen MR) is 118 cm³/mol. The van der Waals surface area contributed by atoms with E-state index in [1.165, 1.54) is 7.11 Å². The number of methoxy groups -OCH3 is 2. The van der Waals surface area contributed by atoms with Gasteiger partial charge in [-0.05, 0) is 25.5 Å². The van der Waals surface area contributed by atoms with Crippen LogP contribution in [0.1, 0.15) is 11.1 Å². The number of rotatable bonds is 7. The number of benzene rings is 2. The maximum atomic E-state index is 12.9. The molecular formula is C22H26N4O5. The second kappa shape index (κ2) is 9.38. The Morgan fingerprint density at radius 1 is 1.13 bits per heavy atom. The highest BCUT2D eigenvalue weighted by Gasteiger charge is 2.17. The number of amides is 2. The molecule has 3 rings (SSSR count). The number of hydrogen-bond donors (Lipinski definition) is 3. The normalized spacial score (nSPS) is 10.6. The van der Waals surface area contributed by atoms with Crippen LogP contribution < -0.4 is 30.4 Å². The summed E-state index contributed by atoms with van der Waals surface area (Å²) in [6.45, 7) is 4.50. The molecule has 0 saturated heterocycles. The molecule has 0 bridgehead atoms. The Bertz CT molecular complexity index is 1170. The van der Waals surface area contributed by atoms with Crippen molar-refractivity contribution >= 4 is 16.9 Å². The third kappa shape index (κ3) is 4.55. The number of carbonyl (C=O) groups excluding carboxylic acids is 1. The first kappa shape index (κ1) is 21.9. The van der Waals surface area contributed by atoms with E-state index in [0.29, 0.717) is 47.1 Å². The van der Waals surface area contributed by atoms with Crippen LogP contribution in [0.3, 0.4) is 0 Å². The summed E-state index contributed by atoms with van der Waals surface area (Å²) in [5, 5.41) is 5.51. The van der Waals surface area contributed by atoms with Gasteiger partial charge >= 0.3 is 6.03 Å². The van der Waals surface area contributed by atoms with Crippen LogP contribution in [-0.2, 0) is 0 Å². The molecule has 0 aliphatic rings. The van der Waals surface area contributed by atoms with Crippen molar-refractivity contribution in [2.45, 2.75) is 13.8 Å². The molecule has 3 N–H and O–H groups in total. The van der Waals surface area contributed by atoms with Gasteiger partial charge in [0, 0.05) is 30.3 Å². The molecule has 3 aromatic rings. The molecular weight excluding hydrogens is 400 g/mol. The lowest BCUT2D eigenvalue weighted by Crippen LogP contribution is -2.35. The van der Waals surface area contributed by atoms with Gasteiger partial charge in [0.1, 0.15) is 35.1 Å². The van der Waals surface area contributed by atoms with Crippen LogP contribution in [0, 0.1) is 13.8 Å². The fourth-order valence-electron chi connectivity index (χ4n) is 3.37. The van der Waals surface area contributed by atoms with Crippen molar-refractivity contribution in [3.05, 3.63) is 45.7 Å². The third-order valence-electron chi connectivity index (χ3n) is 4.93. The summed E-state index contributed by atoms with van der Waals surface area (Å²) in [5.74, 6) is 2.01. The fourth-order valence-corrected chi connectivity index (χ4v) is 3.37. The molecule has 0 spiro atoms. The molecule has 0 unspecified atom stereocenters. The van der Waals surface area contributed by atoms with Gasteiger partial charge in [-0.25, -0.2) is 9.78 Å². The van der Waals surface area contributed by atoms with E-state index in [-0.39, 0.29) is 11.6 Å². The molecule has 31 heavy (non-hydrogen) atoms. The van der Waals surface area contributed by atoms with E-state index in [9.17, 15) is 9.59 Å². The standard InChI is InChI=1S/C22H26N4O5/c1-12-6-7-16(31-9-8-24-22(28)23-3)13(2)18(12)20-25-15-10-14(29-4)11-17(30-5)19(15)21(27)26-20/h6-7,10-11H,8-9H2,1-5H3,(H2,23,24,28)(H,25,26,27). The van der Waals surface area contributed by atoms with Crippen LogP contribution in [0.15, 0.2) is 29.1 Å². The van der Waals surface area contributed by atoms with E-state index in [2.05, 4.69) is 20.6 Å². The molecule has 0 saturated carbocycles. The maximum absolute atomic E-state index is 12.9. The third-order valence-corrected chi connectivity index (χ3v) is 4.93. The minimum Gasteiger partial charge on any atom is -0.497 e. The van der Waals surface area contributed by atoms with E-state index in [4.69, 9.17) is 14.2 Å². The number of H-pyrrole nitrogens is 1. The van der Waals surface area contributed by atoms with Gasteiger partial charge in [0.15, 0.2) is 0 Å². The molecule has 9 heteroatoms. The van der Waals surface area contributed by atoms with Crippen molar-refractivity contribution in [3.63, 3.8) is 0 Å². The number of hydrogen-bond acceptors (Lipinski definition) is 6. The molecule has 2 amide bonds. The monoisotopic (exact) mass is 426 g/mol. The van der Waals surface area contributed by atoms with Crippen molar-refractivity contribution in [2.24, 2.45) is 0 Å². The Morgan fingerprint density at radius 3 is 2.58 bits per heavy atom. The highest BCUT2D eigenvalue weighted by atomic mass is 16.5. The highest BCUT2D eigenvalue weighted by molar-refractivity contribution is 5.87. The fraction of sp³-hybridized carbons (Fsp3) is 0.318. The van der Waals surface area contributed by atoms with Crippen molar-refractivity contribution in [1.29, 1.82) is 0 Å². The summed E-state index contributed by atoms with van der Waals surface area (Å²) in [6, 6.07) is 6.84. The van der Waals surface area contributed by atoms with Crippen molar-refractivity contribution in [3.8, 4) is 28.6 Å².